The molecule has 1 unspecified atom stereocenters. The first-order valence-electron chi connectivity index (χ1n) is 4.50. The molecule has 0 spiro atoms. The van der Waals surface area contributed by atoms with Crippen molar-refractivity contribution >= 4 is 17.9 Å². The van der Waals surface area contributed by atoms with Gasteiger partial charge in [-0.3, -0.25) is 14.4 Å². The summed E-state index contributed by atoms with van der Waals surface area (Å²) in [7, 11) is 0. The number of carbonyl (C=O) groups is 3. The molecule has 0 aliphatic rings. The van der Waals surface area contributed by atoms with Crippen LogP contribution in [-0.4, -0.2) is 33.2 Å². The largest absolute Gasteiger partial charge is 0.481 e. The van der Waals surface area contributed by atoms with Crippen LogP contribution < -0.4 is 0 Å². The van der Waals surface area contributed by atoms with Gasteiger partial charge in [0.1, 0.15) is 0 Å². The molecule has 0 aliphatic heterocycles. The second kappa shape index (κ2) is 6.45. The summed E-state index contributed by atoms with van der Waals surface area (Å²) in [6, 6.07) is 0. The average Bonchev–Trinajstić information content (AvgIpc) is 2.15. The van der Waals surface area contributed by atoms with E-state index in [1.54, 1.807) is 0 Å². The summed E-state index contributed by atoms with van der Waals surface area (Å²) in [5.41, 5.74) is 0. The average molecular weight is 228 g/mol. The van der Waals surface area contributed by atoms with Crippen LogP contribution in [-0.2, 0) is 14.4 Å². The second-order valence-corrected chi connectivity index (χ2v) is 3.23. The summed E-state index contributed by atoms with van der Waals surface area (Å²) in [6.07, 6.45) is -0.252. The third kappa shape index (κ3) is 5.00. The number of carboxylic acid groups (broad SMARTS) is 3. The van der Waals surface area contributed by atoms with Crippen LogP contribution in [0.4, 0.5) is 0 Å². The standard InChI is InChI=1S/C10H12O6/c1-6(8(11)12)4-2-3-5-7(9(13)14)10(15)16/h6-7H,4-5H2,1H3,(H,11,12)(H,13,14)(H,15,16). The van der Waals surface area contributed by atoms with Crippen LogP contribution in [0.5, 0.6) is 0 Å². The third-order valence-electron chi connectivity index (χ3n) is 1.86. The zero-order chi connectivity index (χ0) is 12.7. The smallest absolute Gasteiger partial charge is 0.318 e. The maximum absolute atomic E-state index is 10.4. The van der Waals surface area contributed by atoms with Crippen molar-refractivity contribution in [3.8, 4) is 11.8 Å². The summed E-state index contributed by atoms with van der Waals surface area (Å²) in [4.78, 5) is 31.3. The van der Waals surface area contributed by atoms with Crippen molar-refractivity contribution in [2.24, 2.45) is 11.8 Å². The zero-order valence-electron chi connectivity index (χ0n) is 8.64. The Hall–Kier alpha value is -2.03. The minimum atomic E-state index is -1.56. The molecule has 0 aliphatic carbocycles. The van der Waals surface area contributed by atoms with E-state index in [9.17, 15) is 14.4 Å². The van der Waals surface area contributed by atoms with Crippen molar-refractivity contribution in [3.63, 3.8) is 0 Å². The SMILES string of the molecule is CC(CC#CCC(C(=O)O)C(=O)O)C(=O)O. The van der Waals surface area contributed by atoms with Gasteiger partial charge in [-0.05, 0) is 0 Å². The van der Waals surface area contributed by atoms with E-state index in [1.165, 1.54) is 6.92 Å². The summed E-state index contributed by atoms with van der Waals surface area (Å²) in [6.45, 7) is 1.46. The Balaban J connectivity index is 4.22. The topological polar surface area (TPSA) is 112 Å². The summed E-state index contributed by atoms with van der Waals surface area (Å²) < 4.78 is 0. The molecule has 0 heterocycles. The van der Waals surface area contributed by atoms with Crippen molar-refractivity contribution in [2.75, 3.05) is 0 Å². The first kappa shape index (κ1) is 14.0. The van der Waals surface area contributed by atoms with Gasteiger partial charge in [0.15, 0.2) is 5.92 Å². The number of carboxylic acids is 3. The Kier molecular flexibility index (Phi) is 5.63. The Morgan fingerprint density at radius 1 is 0.938 bits per heavy atom. The molecule has 6 nitrogen and oxygen atoms in total. The molecular formula is C10H12O6. The minimum Gasteiger partial charge on any atom is -0.481 e. The molecule has 6 heteroatoms. The Labute approximate surface area is 91.9 Å². The van der Waals surface area contributed by atoms with Crippen molar-refractivity contribution in [1.82, 2.24) is 0 Å². The fourth-order valence-electron chi connectivity index (χ4n) is 0.767. The summed E-state index contributed by atoms with van der Waals surface area (Å²) >= 11 is 0. The molecule has 0 rings (SSSR count). The first-order chi connectivity index (χ1) is 7.36. The highest BCUT2D eigenvalue weighted by molar-refractivity contribution is 5.93. The van der Waals surface area contributed by atoms with Gasteiger partial charge in [-0.1, -0.05) is 6.92 Å². The highest BCUT2D eigenvalue weighted by Gasteiger charge is 2.24. The summed E-state index contributed by atoms with van der Waals surface area (Å²) in [5, 5.41) is 25.5. The van der Waals surface area contributed by atoms with Crippen LogP contribution in [0.2, 0.25) is 0 Å². The van der Waals surface area contributed by atoms with Gasteiger partial charge >= 0.3 is 17.9 Å². The van der Waals surface area contributed by atoms with Gasteiger partial charge in [0.05, 0.1) is 5.92 Å². The van der Waals surface area contributed by atoms with Crippen molar-refractivity contribution in [3.05, 3.63) is 0 Å². The molecule has 1 atom stereocenters. The Morgan fingerprint density at radius 3 is 1.75 bits per heavy atom. The number of rotatable bonds is 5. The molecule has 3 N–H and O–H groups in total. The lowest BCUT2D eigenvalue weighted by Gasteiger charge is -2.01. The molecular weight excluding hydrogens is 216 g/mol. The quantitative estimate of drug-likeness (QED) is 0.460. The highest BCUT2D eigenvalue weighted by Crippen LogP contribution is 2.04. The maximum Gasteiger partial charge on any atom is 0.318 e. The monoisotopic (exact) mass is 228 g/mol. The minimum absolute atomic E-state index is 0.0707. The van der Waals surface area contributed by atoms with Gasteiger partial charge < -0.3 is 15.3 Å². The van der Waals surface area contributed by atoms with Crippen molar-refractivity contribution in [2.45, 2.75) is 19.8 Å². The van der Waals surface area contributed by atoms with Crippen LogP contribution in [0, 0.1) is 23.7 Å². The van der Waals surface area contributed by atoms with E-state index >= 15 is 0 Å². The Morgan fingerprint density at radius 2 is 1.38 bits per heavy atom. The Bertz CT molecular complexity index is 334. The predicted molar refractivity (Wildman–Crippen MR) is 52.6 cm³/mol. The predicted octanol–water partition coefficient (Wildman–Crippen LogP) is 0.276. The lowest BCUT2D eigenvalue weighted by molar-refractivity contribution is -0.154. The highest BCUT2D eigenvalue weighted by atomic mass is 16.4. The van der Waals surface area contributed by atoms with Crippen LogP contribution in [0.3, 0.4) is 0 Å². The van der Waals surface area contributed by atoms with E-state index < -0.39 is 29.7 Å². The van der Waals surface area contributed by atoms with Gasteiger partial charge in [-0.25, -0.2) is 0 Å². The first-order valence-corrected chi connectivity index (χ1v) is 4.50. The van der Waals surface area contributed by atoms with Gasteiger partial charge in [0.25, 0.3) is 0 Å². The number of hydrogen-bond donors (Lipinski definition) is 3. The zero-order valence-corrected chi connectivity index (χ0v) is 8.64. The molecule has 0 saturated heterocycles. The molecule has 0 radical (unpaired) electrons. The fourth-order valence-corrected chi connectivity index (χ4v) is 0.767. The van der Waals surface area contributed by atoms with E-state index in [4.69, 9.17) is 15.3 Å². The van der Waals surface area contributed by atoms with Crippen LogP contribution in [0.1, 0.15) is 19.8 Å². The molecule has 0 aromatic heterocycles. The fraction of sp³-hybridized carbons (Fsp3) is 0.500. The molecule has 16 heavy (non-hydrogen) atoms. The number of aliphatic carboxylic acids is 3. The normalized spacial score (nSPS) is 11.4. The molecule has 0 fully saturated rings. The van der Waals surface area contributed by atoms with Crippen LogP contribution in [0.15, 0.2) is 0 Å². The van der Waals surface area contributed by atoms with E-state index in [0.29, 0.717) is 0 Å². The lowest BCUT2D eigenvalue weighted by atomic mass is 10.1. The van der Waals surface area contributed by atoms with E-state index in [2.05, 4.69) is 11.8 Å². The molecule has 0 bridgehead atoms. The lowest BCUT2D eigenvalue weighted by Crippen LogP contribution is -2.22. The second-order valence-electron chi connectivity index (χ2n) is 3.23. The summed E-state index contributed by atoms with van der Waals surface area (Å²) in [5.74, 6) is -1.31. The van der Waals surface area contributed by atoms with Crippen molar-refractivity contribution < 1.29 is 29.7 Å². The number of hydrogen-bond acceptors (Lipinski definition) is 3. The molecule has 0 aromatic carbocycles. The van der Waals surface area contributed by atoms with Crippen molar-refractivity contribution in [1.29, 1.82) is 0 Å². The molecule has 88 valence electrons. The van der Waals surface area contributed by atoms with Crippen LogP contribution >= 0.6 is 0 Å². The van der Waals surface area contributed by atoms with E-state index in [0.717, 1.165) is 0 Å². The third-order valence-corrected chi connectivity index (χ3v) is 1.86. The van der Waals surface area contributed by atoms with E-state index in [1.807, 2.05) is 0 Å². The van der Waals surface area contributed by atoms with Gasteiger partial charge in [0.2, 0.25) is 0 Å². The van der Waals surface area contributed by atoms with Crippen LogP contribution in [0.25, 0.3) is 0 Å². The van der Waals surface area contributed by atoms with Gasteiger partial charge in [0, 0.05) is 12.8 Å². The van der Waals surface area contributed by atoms with Gasteiger partial charge in [-0.15, -0.1) is 11.8 Å². The van der Waals surface area contributed by atoms with E-state index in [-0.39, 0.29) is 12.8 Å². The molecule has 0 aromatic rings. The van der Waals surface area contributed by atoms with Gasteiger partial charge in [-0.2, -0.15) is 0 Å². The molecule has 0 saturated carbocycles. The molecule has 0 amide bonds. The maximum atomic E-state index is 10.4.